The Labute approximate surface area is 75.1 Å². The molecule has 0 aliphatic rings. The fourth-order valence-electron chi connectivity index (χ4n) is 0.946. The lowest BCUT2D eigenvalue weighted by molar-refractivity contribution is 0.913. The van der Waals surface area contributed by atoms with E-state index in [0.717, 1.165) is 10.6 Å². The first-order valence-electron chi connectivity index (χ1n) is 3.52. The van der Waals surface area contributed by atoms with Crippen molar-refractivity contribution in [1.29, 1.82) is 0 Å². The molecule has 12 heavy (non-hydrogen) atoms. The molecule has 0 aromatic carbocycles. The van der Waals surface area contributed by atoms with E-state index in [2.05, 4.69) is 4.98 Å². The summed E-state index contributed by atoms with van der Waals surface area (Å²) >= 11 is 1.40. The van der Waals surface area contributed by atoms with Crippen molar-refractivity contribution in [3.8, 4) is 0 Å². The van der Waals surface area contributed by atoms with Crippen molar-refractivity contribution in [2.75, 3.05) is 5.73 Å². The lowest BCUT2D eigenvalue weighted by Crippen LogP contribution is -2.07. The molecule has 1 rings (SSSR count). The second kappa shape index (κ2) is 3.55. The van der Waals surface area contributed by atoms with Gasteiger partial charge in [-0.3, -0.25) is 0 Å². The average Bonchev–Trinajstić information content (AvgIpc) is 2.30. The normalized spacial score (nSPS) is 13.8. The van der Waals surface area contributed by atoms with Crippen LogP contribution < -0.4 is 17.2 Å². The Kier molecular flexibility index (Phi) is 2.67. The smallest absolute Gasteiger partial charge is 0.180 e. The monoisotopic (exact) mass is 184 g/mol. The standard InChI is InChI=1S/C7H12N4S/c1-4-6(5(9)2-3-8)12-7(10)11-4/h2-3,5H,8-9H2,1H3,(H2,10,11)/b3-2+. The quantitative estimate of drug-likeness (QED) is 0.624. The summed E-state index contributed by atoms with van der Waals surface area (Å²) in [6, 6.07) is -0.190. The number of hydrogen-bond acceptors (Lipinski definition) is 5. The van der Waals surface area contributed by atoms with Crippen molar-refractivity contribution in [2.45, 2.75) is 13.0 Å². The summed E-state index contributed by atoms with van der Waals surface area (Å²) in [5.41, 5.74) is 17.4. The lowest BCUT2D eigenvalue weighted by Gasteiger charge is -2.02. The fourth-order valence-corrected chi connectivity index (χ4v) is 1.76. The summed E-state index contributed by atoms with van der Waals surface area (Å²) in [6.45, 7) is 1.88. The molecule has 0 aliphatic carbocycles. The van der Waals surface area contributed by atoms with E-state index >= 15 is 0 Å². The topological polar surface area (TPSA) is 90.9 Å². The number of aryl methyl sites for hydroxylation is 1. The fraction of sp³-hybridized carbons (Fsp3) is 0.286. The van der Waals surface area contributed by atoms with Gasteiger partial charge in [-0.2, -0.15) is 0 Å². The van der Waals surface area contributed by atoms with E-state index in [4.69, 9.17) is 17.2 Å². The highest BCUT2D eigenvalue weighted by atomic mass is 32.1. The van der Waals surface area contributed by atoms with E-state index in [-0.39, 0.29) is 6.04 Å². The number of hydrogen-bond donors (Lipinski definition) is 3. The summed E-state index contributed by atoms with van der Waals surface area (Å²) < 4.78 is 0. The van der Waals surface area contributed by atoms with Crippen molar-refractivity contribution in [1.82, 2.24) is 4.98 Å². The number of thiazole rings is 1. The van der Waals surface area contributed by atoms with Gasteiger partial charge in [-0.1, -0.05) is 0 Å². The van der Waals surface area contributed by atoms with Crippen LogP contribution in [0.1, 0.15) is 16.6 Å². The minimum Gasteiger partial charge on any atom is -0.405 e. The third kappa shape index (κ3) is 1.75. The van der Waals surface area contributed by atoms with E-state index in [1.54, 1.807) is 6.08 Å². The molecule has 0 aliphatic heterocycles. The summed E-state index contributed by atoms with van der Waals surface area (Å²) in [5.74, 6) is 0. The van der Waals surface area contributed by atoms with E-state index in [1.807, 2.05) is 6.92 Å². The molecular weight excluding hydrogens is 172 g/mol. The first-order valence-corrected chi connectivity index (χ1v) is 4.33. The maximum absolute atomic E-state index is 5.77. The highest BCUT2D eigenvalue weighted by Crippen LogP contribution is 2.25. The van der Waals surface area contributed by atoms with Crippen LogP contribution in [-0.2, 0) is 0 Å². The highest BCUT2D eigenvalue weighted by Gasteiger charge is 2.10. The molecule has 0 saturated carbocycles. The second-order valence-corrected chi connectivity index (χ2v) is 3.47. The minimum atomic E-state index is -0.190. The van der Waals surface area contributed by atoms with Gasteiger partial charge in [-0.25, -0.2) is 4.98 Å². The molecule has 0 bridgehead atoms. The van der Waals surface area contributed by atoms with E-state index in [0.29, 0.717) is 5.13 Å². The molecule has 6 N–H and O–H groups in total. The SMILES string of the molecule is Cc1nc(N)sc1C(N)/C=C/N. The molecule has 0 saturated heterocycles. The van der Waals surface area contributed by atoms with Gasteiger partial charge in [0.05, 0.1) is 16.6 Å². The first-order chi connectivity index (χ1) is 5.65. The van der Waals surface area contributed by atoms with E-state index < -0.39 is 0 Å². The Bertz CT molecular complexity index is 292. The number of nitrogens with two attached hydrogens (primary N) is 3. The van der Waals surface area contributed by atoms with Gasteiger partial charge in [0.25, 0.3) is 0 Å². The molecule has 0 fully saturated rings. The van der Waals surface area contributed by atoms with Gasteiger partial charge in [-0.15, -0.1) is 11.3 Å². The van der Waals surface area contributed by atoms with Gasteiger partial charge >= 0.3 is 0 Å². The van der Waals surface area contributed by atoms with Gasteiger partial charge in [-0.05, 0) is 19.2 Å². The number of nitrogen functional groups attached to an aromatic ring is 1. The predicted molar refractivity (Wildman–Crippen MR) is 51.5 cm³/mol. The van der Waals surface area contributed by atoms with Crippen LogP contribution in [0.25, 0.3) is 0 Å². The van der Waals surface area contributed by atoms with Crippen molar-refractivity contribution in [3.63, 3.8) is 0 Å². The molecule has 0 amide bonds. The Morgan fingerprint density at radius 3 is 2.67 bits per heavy atom. The van der Waals surface area contributed by atoms with Crippen LogP contribution in [0.15, 0.2) is 12.3 Å². The zero-order chi connectivity index (χ0) is 9.14. The third-order valence-corrected chi connectivity index (χ3v) is 2.56. The molecule has 66 valence electrons. The molecule has 4 nitrogen and oxygen atoms in total. The largest absolute Gasteiger partial charge is 0.405 e. The Hall–Kier alpha value is -1.07. The molecule has 0 radical (unpaired) electrons. The van der Waals surface area contributed by atoms with E-state index in [1.165, 1.54) is 17.5 Å². The molecule has 1 atom stereocenters. The van der Waals surface area contributed by atoms with Crippen molar-refractivity contribution >= 4 is 16.5 Å². The van der Waals surface area contributed by atoms with Crippen LogP contribution in [0.3, 0.4) is 0 Å². The number of nitrogens with zero attached hydrogens (tertiary/aromatic N) is 1. The zero-order valence-corrected chi connectivity index (χ0v) is 7.64. The Balaban J connectivity index is 2.93. The number of rotatable bonds is 2. The predicted octanol–water partition coefficient (Wildman–Crippen LogP) is 0.506. The van der Waals surface area contributed by atoms with Crippen LogP contribution >= 0.6 is 11.3 Å². The van der Waals surface area contributed by atoms with Crippen LogP contribution in [0, 0.1) is 6.92 Å². The molecule has 1 aromatic heterocycles. The van der Waals surface area contributed by atoms with Crippen molar-refractivity contribution in [3.05, 3.63) is 22.8 Å². The summed E-state index contributed by atoms with van der Waals surface area (Å²) in [6.07, 6.45) is 3.14. The second-order valence-electron chi connectivity index (χ2n) is 2.41. The van der Waals surface area contributed by atoms with E-state index in [9.17, 15) is 0 Å². The van der Waals surface area contributed by atoms with Gasteiger partial charge < -0.3 is 17.2 Å². The molecule has 1 heterocycles. The molecule has 1 aromatic rings. The van der Waals surface area contributed by atoms with Crippen LogP contribution in [-0.4, -0.2) is 4.98 Å². The van der Waals surface area contributed by atoms with Crippen LogP contribution in [0.2, 0.25) is 0 Å². The van der Waals surface area contributed by atoms with Gasteiger partial charge in [0.1, 0.15) is 0 Å². The zero-order valence-electron chi connectivity index (χ0n) is 6.82. The maximum Gasteiger partial charge on any atom is 0.180 e. The Morgan fingerprint density at radius 2 is 2.25 bits per heavy atom. The van der Waals surface area contributed by atoms with Crippen molar-refractivity contribution in [2.24, 2.45) is 11.5 Å². The average molecular weight is 184 g/mol. The van der Waals surface area contributed by atoms with Gasteiger partial charge in [0.2, 0.25) is 0 Å². The lowest BCUT2D eigenvalue weighted by atomic mass is 10.2. The third-order valence-electron chi connectivity index (χ3n) is 1.47. The summed E-state index contributed by atoms with van der Waals surface area (Å²) in [7, 11) is 0. The van der Waals surface area contributed by atoms with Gasteiger partial charge in [0.15, 0.2) is 5.13 Å². The summed E-state index contributed by atoms with van der Waals surface area (Å²) in [5, 5.41) is 0.545. The highest BCUT2D eigenvalue weighted by molar-refractivity contribution is 7.15. The molecule has 1 unspecified atom stereocenters. The first kappa shape index (κ1) is 9.02. The Morgan fingerprint density at radius 1 is 1.58 bits per heavy atom. The van der Waals surface area contributed by atoms with Crippen molar-refractivity contribution < 1.29 is 0 Å². The summed E-state index contributed by atoms with van der Waals surface area (Å²) in [4.78, 5) is 5.02. The van der Waals surface area contributed by atoms with Crippen LogP contribution in [0.4, 0.5) is 5.13 Å². The minimum absolute atomic E-state index is 0.190. The molecule has 0 spiro atoms. The molecular formula is C7H12N4S. The van der Waals surface area contributed by atoms with Crippen LogP contribution in [0.5, 0.6) is 0 Å². The number of anilines is 1. The maximum atomic E-state index is 5.77. The number of aromatic nitrogens is 1. The van der Waals surface area contributed by atoms with Gasteiger partial charge in [0, 0.05) is 0 Å². The molecule has 5 heteroatoms.